The van der Waals surface area contributed by atoms with Gasteiger partial charge in [-0.3, -0.25) is 19.8 Å². The number of anilines is 1. The fourth-order valence-corrected chi connectivity index (χ4v) is 2.69. The number of carbonyl (C=O) groups excluding carboxylic acids is 1. The molecule has 0 aromatic carbocycles. The zero-order chi connectivity index (χ0) is 14.8. The van der Waals surface area contributed by atoms with Crippen LogP contribution in [0.1, 0.15) is 16.1 Å². The van der Waals surface area contributed by atoms with Gasteiger partial charge >= 0.3 is 0 Å². The Balaban J connectivity index is 1.81. The molecule has 0 bridgehead atoms. The minimum Gasteiger partial charge on any atom is -0.296 e. The number of aromatic nitrogens is 4. The summed E-state index contributed by atoms with van der Waals surface area (Å²) >= 11 is 1.37. The Morgan fingerprint density at radius 1 is 1.33 bits per heavy atom. The first-order valence-electron chi connectivity index (χ1n) is 6.32. The van der Waals surface area contributed by atoms with E-state index in [4.69, 9.17) is 0 Å². The second-order valence-electron chi connectivity index (χ2n) is 4.51. The lowest BCUT2D eigenvalue weighted by molar-refractivity contribution is 0.101. The van der Waals surface area contributed by atoms with Gasteiger partial charge in [0.05, 0.1) is 11.9 Å². The van der Waals surface area contributed by atoms with Gasteiger partial charge in [-0.2, -0.15) is 5.10 Å². The summed E-state index contributed by atoms with van der Waals surface area (Å²) in [6.07, 6.45) is 3.38. The molecule has 1 N–H and O–H groups in total. The Morgan fingerprint density at radius 2 is 2.19 bits per heavy atom. The van der Waals surface area contributed by atoms with E-state index in [9.17, 15) is 4.79 Å². The zero-order valence-corrected chi connectivity index (χ0v) is 12.4. The molecule has 7 heteroatoms. The van der Waals surface area contributed by atoms with E-state index in [1.807, 2.05) is 30.5 Å². The standard InChI is InChI=1S/C14H13N5OS/c1-9-7-16-19(2)12(9)13(20)18-14-17-11(8-21-14)10-5-3-4-6-15-10/h3-8H,1-2H3,(H,17,18,20). The van der Waals surface area contributed by atoms with Crippen LogP contribution in [0.2, 0.25) is 0 Å². The number of hydrogen-bond acceptors (Lipinski definition) is 5. The summed E-state index contributed by atoms with van der Waals surface area (Å²) in [5, 5.41) is 9.27. The third-order valence-corrected chi connectivity index (χ3v) is 3.75. The molecule has 0 saturated heterocycles. The van der Waals surface area contributed by atoms with E-state index < -0.39 is 0 Å². The molecule has 6 nitrogen and oxygen atoms in total. The SMILES string of the molecule is Cc1cnn(C)c1C(=O)Nc1nc(-c2ccccn2)cs1. The fourth-order valence-electron chi connectivity index (χ4n) is 1.99. The number of amides is 1. The highest BCUT2D eigenvalue weighted by Gasteiger charge is 2.16. The van der Waals surface area contributed by atoms with Crippen molar-refractivity contribution >= 4 is 22.4 Å². The number of pyridine rings is 1. The fraction of sp³-hybridized carbons (Fsp3) is 0.143. The Morgan fingerprint density at radius 3 is 2.86 bits per heavy atom. The number of nitrogens with one attached hydrogen (secondary N) is 1. The minimum atomic E-state index is -0.213. The van der Waals surface area contributed by atoms with Gasteiger partial charge in [0.2, 0.25) is 0 Å². The summed E-state index contributed by atoms with van der Waals surface area (Å²) in [5.74, 6) is -0.213. The number of thiazole rings is 1. The second kappa shape index (κ2) is 5.45. The van der Waals surface area contributed by atoms with E-state index in [0.717, 1.165) is 17.0 Å². The van der Waals surface area contributed by atoms with Crippen molar-refractivity contribution in [3.05, 3.63) is 47.2 Å². The van der Waals surface area contributed by atoms with Crippen LogP contribution < -0.4 is 5.32 Å². The van der Waals surface area contributed by atoms with Gasteiger partial charge in [-0.05, 0) is 24.6 Å². The molecule has 0 fully saturated rings. The quantitative estimate of drug-likeness (QED) is 0.806. The monoisotopic (exact) mass is 299 g/mol. The van der Waals surface area contributed by atoms with E-state index in [1.165, 1.54) is 11.3 Å². The van der Waals surface area contributed by atoms with E-state index in [-0.39, 0.29) is 5.91 Å². The zero-order valence-electron chi connectivity index (χ0n) is 11.6. The smallest absolute Gasteiger partial charge is 0.275 e. The Kier molecular flexibility index (Phi) is 3.49. The lowest BCUT2D eigenvalue weighted by Gasteiger charge is -2.03. The van der Waals surface area contributed by atoms with Gasteiger partial charge in [-0.1, -0.05) is 6.07 Å². The molecule has 0 radical (unpaired) electrons. The molecule has 0 unspecified atom stereocenters. The Bertz CT molecular complexity index is 758. The third-order valence-electron chi connectivity index (χ3n) is 2.99. The maximum atomic E-state index is 12.2. The van der Waals surface area contributed by atoms with E-state index in [0.29, 0.717) is 10.8 Å². The summed E-state index contributed by atoms with van der Waals surface area (Å²) in [6, 6.07) is 5.63. The molecule has 3 aromatic heterocycles. The molecule has 0 spiro atoms. The van der Waals surface area contributed by atoms with Crippen molar-refractivity contribution in [3.63, 3.8) is 0 Å². The van der Waals surface area contributed by atoms with Crippen molar-refractivity contribution in [2.75, 3.05) is 5.32 Å². The summed E-state index contributed by atoms with van der Waals surface area (Å²) < 4.78 is 1.55. The lowest BCUT2D eigenvalue weighted by Crippen LogP contribution is -2.17. The molecular weight excluding hydrogens is 286 g/mol. The summed E-state index contributed by atoms with van der Waals surface area (Å²) in [6.45, 7) is 1.85. The van der Waals surface area contributed by atoms with Gasteiger partial charge in [0.1, 0.15) is 11.4 Å². The Hall–Kier alpha value is -2.54. The normalized spacial score (nSPS) is 10.6. The van der Waals surface area contributed by atoms with Crippen LogP contribution in [0.25, 0.3) is 11.4 Å². The first-order chi connectivity index (χ1) is 10.1. The predicted octanol–water partition coefficient (Wildman–Crippen LogP) is 2.50. The molecule has 3 heterocycles. The molecule has 21 heavy (non-hydrogen) atoms. The topological polar surface area (TPSA) is 72.7 Å². The molecule has 0 saturated carbocycles. The van der Waals surface area contributed by atoms with Crippen LogP contribution in [0.4, 0.5) is 5.13 Å². The van der Waals surface area contributed by atoms with Crippen LogP contribution in [-0.4, -0.2) is 25.7 Å². The number of rotatable bonds is 3. The van der Waals surface area contributed by atoms with Crippen molar-refractivity contribution in [1.29, 1.82) is 0 Å². The van der Waals surface area contributed by atoms with Crippen molar-refractivity contribution in [1.82, 2.24) is 19.7 Å². The van der Waals surface area contributed by atoms with Gasteiger partial charge < -0.3 is 0 Å². The van der Waals surface area contributed by atoms with Gasteiger partial charge in [-0.25, -0.2) is 4.98 Å². The average molecular weight is 299 g/mol. The summed E-state index contributed by atoms with van der Waals surface area (Å²) in [5.41, 5.74) is 2.89. The van der Waals surface area contributed by atoms with Gasteiger partial charge in [0, 0.05) is 18.6 Å². The van der Waals surface area contributed by atoms with Crippen molar-refractivity contribution in [2.45, 2.75) is 6.92 Å². The summed E-state index contributed by atoms with van der Waals surface area (Å²) in [4.78, 5) is 20.9. The molecular formula is C14H13N5OS. The molecule has 0 aliphatic heterocycles. The molecule has 3 rings (SSSR count). The Labute approximate surface area is 125 Å². The number of nitrogens with zero attached hydrogens (tertiary/aromatic N) is 4. The van der Waals surface area contributed by atoms with Gasteiger partial charge in [0.25, 0.3) is 5.91 Å². The first kappa shape index (κ1) is 13.4. The maximum absolute atomic E-state index is 12.2. The predicted molar refractivity (Wildman–Crippen MR) is 81.2 cm³/mol. The summed E-state index contributed by atoms with van der Waals surface area (Å²) in [7, 11) is 1.74. The largest absolute Gasteiger partial charge is 0.296 e. The highest BCUT2D eigenvalue weighted by molar-refractivity contribution is 7.14. The van der Waals surface area contributed by atoms with Crippen LogP contribution in [0.3, 0.4) is 0 Å². The highest BCUT2D eigenvalue weighted by atomic mass is 32.1. The van der Waals surface area contributed by atoms with Gasteiger partial charge in [0.15, 0.2) is 5.13 Å². The number of hydrogen-bond donors (Lipinski definition) is 1. The van der Waals surface area contributed by atoms with Crippen molar-refractivity contribution in [3.8, 4) is 11.4 Å². The highest BCUT2D eigenvalue weighted by Crippen LogP contribution is 2.23. The molecule has 1 amide bonds. The van der Waals surface area contributed by atoms with Crippen molar-refractivity contribution in [2.24, 2.45) is 7.05 Å². The number of carbonyl (C=O) groups is 1. The van der Waals surface area contributed by atoms with E-state index in [1.54, 1.807) is 24.1 Å². The van der Waals surface area contributed by atoms with Crippen LogP contribution >= 0.6 is 11.3 Å². The van der Waals surface area contributed by atoms with E-state index >= 15 is 0 Å². The molecule has 106 valence electrons. The molecule has 0 atom stereocenters. The third kappa shape index (κ3) is 2.68. The minimum absolute atomic E-state index is 0.213. The number of aryl methyl sites for hydroxylation is 2. The second-order valence-corrected chi connectivity index (χ2v) is 5.36. The maximum Gasteiger partial charge on any atom is 0.275 e. The van der Waals surface area contributed by atoms with Crippen LogP contribution in [0, 0.1) is 6.92 Å². The van der Waals surface area contributed by atoms with Crippen molar-refractivity contribution < 1.29 is 4.79 Å². The van der Waals surface area contributed by atoms with Crippen LogP contribution in [0.15, 0.2) is 36.0 Å². The van der Waals surface area contributed by atoms with Gasteiger partial charge in [-0.15, -0.1) is 11.3 Å². The molecule has 3 aromatic rings. The lowest BCUT2D eigenvalue weighted by atomic mass is 10.2. The molecule has 0 aliphatic rings. The van der Waals surface area contributed by atoms with E-state index in [2.05, 4.69) is 20.4 Å². The van der Waals surface area contributed by atoms with Crippen LogP contribution in [-0.2, 0) is 7.05 Å². The molecule has 0 aliphatic carbocycles. The first-order valence-corrected chi connectivity index (χ1v) is 7.20. The van der Waals surface area contributed by atoms with Crippen LogP contribution in [0.5, 0.6) is 0 Å². The average Bonchev–Trinajstić information content (AvgIpc) is 3.07.